The second kappa shape index (κ2) is 5.01. The maximum absolute atomic E-state index is 4.26. The second-order valence-corrected chi connectivity index (χ2v) is 5.58. The van der Waals surface area contributed by atoms with Crippen molar-refractivity contribution >= 4 is 5.57 Å². The van der Waals surface area contributed by atoms with Crippen molar-refractivity contribution < 1.29 is 0 Å². The van der Waals surface area contributed by atoms with Crippen LogP contribution in [0.2, 0.25) is 0 Å². The van der Waals surface area contributed by atoms with Crippen LogP contribution in [0.15, 0.2) is 36.6 Å². The topological polar surface area (TPSA) is 3.24 Å². The molecule has 1 nitrogen and oxygen atoms in total. The molecule has 1 heteroatoms. The van der Waals surface area contributed by atoms with E-state index < -0.39 is 0 Å². The quantitative estimate of drug-likeness (QED) is 0.717. The van der Waals surface area contributed by atoms with Crippen LogP contribution in [-0.4, -0.2) is 18.5 Å². The van der Waals surface area contributed by atoms with E-state index in [2.05, 4.69) is 63.6 Å². The Morgan fingerprint density at radius 1 is 1.28 bits per heavy atom. The van der Waals surface area contributed by atoms with Crippen LogP contribution in [0.4, 0.5) is 0 Å². The average molecular weight is 241 g/mol. The Morgan fingerprint density at radius 3 is 2.67 bits per heavy atom. The largest absolute Gasteiger partial charge is 0.377 e. The van der Waals surface area contributed by atoms with Crippen LogP contribution in [0, 0.1) is 12.8 Å². The molecule has 1 aliphatic heterocycles. The third-order valence-corrected chi connectivity index (χ3v) is 3.68. The fourth-order valence-electron chi connectivity index (χ4n) is 2.60. The lowest BCUT2D eigenvalue weighted by molar-refractivity contribution is 0.377. The Balaban J connectivity index is 2.48. The van der Waals surface area contributed by atoms with E-state index >= 15 is 0 Å². The monoisotopic (exact) mass is 241 g/mol. The molecule has 0 amide bonds. The van der Waals surface area contributed by atoms with E-state index in [1.807, 2.05) is 0 Å². The summed E-state index contributed by atoms with van der Waals surface area (Å²) in [6.45, 7) is 12.0. The minimum absolute atomic E-state index is 0.540. The number of rotatable bonds is 1. The van der Waals surface area contributed by atoms with Crippen LogP contribution in [0.3, 0.4) is 0 Å². The summed E-state index contributed by atoms with van der Waals surface area (Å²) in [6, 6.07) is 6.70. The molecule has 0 saturated heterocycles. The van der Waals surface area contributed by atoms with Gasteiger partial charge in [-0.1, -0.05) is 44.2 Å². The highest BCUT2D eigenvalue weighted by atomic mass is 15.1. The molecular formula is C17H23N. The van der Waals surface area contributed by atoms with Gasteiger partial charge in [0.15, 0.2) is 0 Å². The Labute approximate surface area is 111 Å². The molecule has 96 valence electrons. The summed E-state index contributed by atoms with van der Waals surface area (Å²) in [5.41, 5.74) is 6.57. The minimum Gasteiger partial charge on any atom is -0.377 e. The molecule has 0 aliphatic carbocycles. The zero-order valence-corrected chi connectivity index (χ0v) is 12.0. The molecule has 0 bridgehead atoms. The summed E-state index contributed by atoms with van der Waals surface area (Å²) in [6.07, 6.45) is 3.34. The average Bonchev–Trinajstić information content (AvgIpc) is 2.31. The highest BCUT2D eigenvalue weighted by Gasteiger charge is 2.15. The number of fused-ring (bicyclic) bond motifs is 1. The smallest absolute Gasteiger partial charge is 0.0212 e. The summed E-state index contributed by atoms with van der Waals surface area (Å²) >= 11 is 0. The van der Waals surface area contributed by atoms with Crippen molar-refractivity contribution in [1.29, 1.82) is 0 Å². The molecule has 0 unspecified atom stereocenters. The van der Waals surface area contributed by atoms with Gasteiger partial charge in [0.05, 0.1) is 0 Å². The van der Waals surface area contributed by atoms with E-state index in [1.54, 1.807) is 0 Å². The van der Waals surface area contributed by atoms with Crippen molar-refractivity contribution in [3.05, 3.63) is 53.2 Å². The first kappa shape index (κ1) is 12.9. The summed E-state index contributed by atoms with van der Waals surface area (Å²) in [5, 5.41) is 0. The van der Waals surface area contributed by atoms with Crippen molar-refractivity contribution in [1.82, 2.24) is 4.90 Å². The first-order valence-electron chi connectivity index (χ1n) is 6.70. The van der Waals surface area contributed by atoms with Gasteiger partial charge in [0.2, 0.25) is 0 Å². The molecule has 0 spiro atoms. The molecule has 0 aromatic heterocycles. The predicted octanol–water partition coefficient (Wildman–Crippen LogP) is 4.04. The van der Waals surface area contributed by atoms with Gasteiger partial charge in [-0.25, -0.2) is 0 Å². The number of benzene rings is 1. The van der Waals surface area contributed by atoms with E-state index in [9.17, 15) is 0 Å². The van der Waals surface area contributed by atoms with Crippen molar-refractivity contribution in [2.45, 2.75) is 27.2 Å². The summed E-state index contributed by atoms with van der Waals surface area (Å²) in [5.74, 6) is 0.540. The second-order valence-electron chi connectivity index (χ2n) is 5.58. The summed E-state index contributed by atoms with van der Waals surface area (Å²) < 4.78 is 0. The molecule has 1 aromatic rings. The SMILES string of the molecule is C=C1/C=C(/C(C)C)N(C)CCc2ccc(C)cc21. The minimum atomic E-state index is 0.540. The molecule has 18 heavy (non-hydrogen) atoms. The maximum atomic E-state index is 4.26. The summed E-state index contributed by atoms with van der Waals surface area (Å²) in [4.78, 5) is 2.36. The molecule has 0 saturated carbocycles. The molecular weight excluding hydrogens is 218 g/mol. The van der Waals surface area contributed by atoms with Gasteiger partial charge in [-0.2, -0.15) is 0 Å². The Hall–Kier alpha value is -1.50. The van der Waals surface area contributed by atoms with Gasteiger partial charge >= 0.3 is 0 Å². The van der Waals surface area contributed by atoms with Crippen molar-refractivity contribution in [3.63, 3.8) is 0 Å². The molecule has 1 heterocycles. The van der Waals surface area contributed by atoms with E-state index in [1.165, 1.54) is 22.4 Å². The predicted molar refractivity (Wildman–Crippen MR) is 79.5 cm³/mol. The Kier molecular flexibility index (Phi) is 3.60. The Morgan fingerprint density at radius 2 is 2.00 bits per heavy atom. The van der Waals surface area contributed by atoms with Crippen molar-refractivity contribution in [2.75, 3.05) is 13.6 Å². The third-order valence-electron chi connectivity index (χ3n) is 3.68. The zero-order chi connectivity index (χ0) is 13.3. The molecule has 0 atom stereocenters. The number of hydrogen-bond donors (Lipinski definition) is 0. The number of aryl methyl sites for hydroxylation is 1. The van der Waals surface area contributed by atoms with Gasteiger partial charge in [-0.15, -0.1) is 0 Å². The Bertz CT molecular complexity index is 494. The third kappa shape index (κ3) is 2.50. The number of hydrogen-bond acceptors (Lipinski definition) is 1. The number of nitrogens with zero attached hydrogens (tertiary/aromatic N) is 1. The zero-order valence-electron chi connectivity index (χ0n) is 12.0. The van der Waals surface area contributed by atoms with Crippen molar-refractivity contribution in [2.24, 2.45) is 5.92 Å². The van der Waals surface area contributed by atoms with E-state index in [-0.39, 0.29) is 0 Å². The van der Waals surface area contributed by atoms with E-state index in [0.717, 1.165) is 18.5 Å². The first-order chi connectivity index (χ1) is 8.49. The maximum Gasteiger partial charge on any atom is 0.0212 e. The van der Waals surface area contributed by atoms with Gasteiger partial charge in [-0.3, -0.25) is 0 Å². The molecule has 2 rings (SSSR count). The highest BCUT2D eigenvalue weighted by Crippen LogP contribution is 2.27. The lowest BCUT2D eigenvalue weighted by Gasteiger charge is -2.29. The van der Waals surface area contributed by atoms with Crippen molar-refractivity contribution in [3.8, 4) is 0 Å². The van der Waals surface area contributed by atoms with Gasteiger partial charge in [0.1, 0.15) is 0 Å². The molecule has 0 N–H and O–H groups in total. The lowest BCUT2D eigenvalue weighted by atomic mass is 9.92. The highest BCUT2D eigenvalue weighted by molar-refractivity contribution is 5.75. The van der Waals surface area contributed by atoms with Gasteiger partial charge in [-0.05, 0) is 42.0 Å². The standard InChI is InChI=1S/C17H23N/c1-12(2)17-11-14(4)16-10-13(3)6-7-15(16)8-9-18(17)5/h6-7,10-12H,4,8-9H2,1-3,5H3/b17-11-. The molecule has 1 aliphatic rings. The van der Waals surface area contributed by atoms with Crippen LogP contribution in [-0.2, 0) is 6.42 Å². The van der Waals surface area contributed by atoms with Gasteiger partial charge < -0.3 is 4.90 Å². The van der Waals surface area contributed by atoms with Crippen LogP contribution in [0.5, 0.6) is 0 Å². The first-order valence-corrected chi connectivity index (χ1v) is 6.70. The van der Waals surface area contributed by atoms with Gasteiger partial charge in [0.25, 0.3) is 0 Å². The fourth-order valence-corrected chi connectivity index (χ4v) is 2.60. The fraction of sp³-hybridized carbons (Fsp3) is 0.412. The summed E-state index contributed by atoms with van der Waals surface area (Å²) in [7, 11) is 2.18. The van der Waals surface area contributed by atoms with Gasteiger partial charge in [0, 0.05) is 19.3 Å². The molecule has 0 radical (unpaired) electrons. The number of likely N-dealkylation sites (N-methyl/N-ethyl adjacent to an activating group) is 1. The number of allylic oxidation sites excluding steroid dienone is 3. The van der Waals surface area contributed by atoms with Crippen LogP contribution in [0.1, 0.15) is 30.5 Å². The van der Waals surface area contributed by atoms with E-state index in [0.29, 0.717) is 5.92 Å². The van der Waals surface area contributed by atoms with E-state index in [4.69, 9.17) is 0 Å². The normalized spacial score (nSPS) is 19.1. The van der Waals surface area contributed by atoms with Crippen LogP contribution < -0.4 is 0 Å². The van der Waals surface area contributed by atoms with Crippen LogP contribution >= 0.6 is 0 Å². The molecule has 0 fully saturated rings. The lowest BCUT2D eigenvalue weighted by Crippen LogP contribution is -2.25. The van der Waals surface area contributed by atoms with Crippen LogP contribution in [0.25, 0.3) is 5.57 Å². The molecule has 1 aromatic carbocycles.